The maximum atomic E-state index is 12.0. The minimum atomic E-state index is -0.347. The van der Waals surface area contributed by atoms with E-state index in [1.807, 2.05) is 6.92 Å². The minimum Gasteiger partial charge on any atom is -0.477 e. The lowest BCUT2D eigenvalue weighted by atomic mass is 10.2. The SMILES string of the molecule is CCOc1ccc(C(=O)NCCn2nc3c(cc2=O)CCC3)nn1. The van der Waals surface area contributed by atoms with Gasteiger partial charge in [-0.15, -0.1) is 10.2 Å². The van der Waals surface area contributed by atoms with Crippen LogP contribution < -0.4 is 15.6 Å². The molecule has 1 aliphatic carbocycles. The van der Waals surface area contributed by atoms with Crippen LogP contribution in [0.15, 0.2) is 23.0 Å². The molecule has 1 aliphatic rings. The molecule has 2 aromatic heterocycles. The summed E-state index contributed by atoms with van der Waals surface area (Å²) in [5.41, 5.74) is 2.10. The molecule has 0 aromatic carbocycles. The van der Waals surface area contributed by atoms with Crippen LogP contribution in [0.2, 0.25) is 0 Å². The highest BCUT2D eigenvalue weighted by atomic mass is 16.5. The van der Waals surface area contributed by atoms with Crippen molar-refractivity contribution in [1.82, 2.24) is 25.3 Å². The first-order chi connectivity index (χ1) is 11.7. The van der Waals surface area contributed by atoms with Crippen molar-refractivity contribution in [3.8, 4) is 5.88 Å². The van der Waals surface area contributed by atoms with E-state index in [2.05, 4.69) is 20.6 Å². The number of fused-ring (bicyclic) bond motifs is 1. The normalized spacial score (nSPS) is 12.7. The number of amides is 1. The van der Waals surface area contributed by atoms with Crippen LogP contribution in [0.4, 0.5) is 0 Å². The molecule has 0 spiro atoms. The zero-order valence-corrected chi connectivity index (χ0v) is 13.5. The average Bonchev–Trinajstić information content (AvgIpc) is 3.03. The van der Waals surface area contributed by atoms with Gasteiger partial charge in [0.15, 0.2) is 5.69 Å². The molecule has 0 fully saturated rings. The summed E-state index contributed by atoms with van der Waals surface area (Å²) in [6, 6.07) is 4.79. The standard InChI is InChI=1S/C16H19N5O3/c1-2-24-14-7-6-13(18-19-14)16(23)17-8-9-21-15(22)10-11-4-3-5-12(11)20-21/h6-7,10H,2-5,8-9H2,1H3,(H,17,23). The number of aromatic nitrogens is 4. The molecule has 1 N–H and O–H groups in total. The lowest BCUT2D eigenvalue weighted by molar-refractivity contribution is 0.0945. The summed E-state index contributed by atoms with van der Waals surface area (Å²) in [5.74, 6) is 0.0303. The van der Waals surface area contributed by atoms with Crippen molar-refractivity contribution < 1.29 is 9.53 Å². The number of aryl methyl sites for hydroxylation is 2. The molecule has 24 heavy (non-hydrogen) atoms. The zero-order chi connectivity index (χ0) is 16.9. The summed E-state index contributed by atoms with van der Waals surface area (Å²) < 4.78 is 6.57. The molecule has 8 heteroatoms. The van der Waals surface area contributed by atoms with Crippen LogP contribution in [-0.2, 0) is 19.4 Å². The van der Waals surface area contributed by atoms with E-state index in [0.29, 0.717) is 25.6 Å². The van der Waals surface area contributed by atoms with Gasteiger partial charge in [-0.25, -0.2) is 4.68 Å². The molecule has 0 unspecified atom stereocenters. The molecular weight excluding hydrogens is 310 g/mol. The number of nitrogens with one attached hydrogen (secondary N) is 1. The number of rotatable bonds is 6. The molecule has 8 nitrogen and oxygen atoms in total. The topological polar surface area (TPSA) is 99.0 Å². The monoisotopic (exact) mass is 329 g/mol. The summed E-state index contributed by atoms with van der Waals surface area (Å²) in [7, 11) is 0. The highest BCUT2D eigenvalue weighted by Crippen LogP contribution is 2.16. The Bertz CT molecular complexity index is 785. The molecule has 0 saturated heterocycles. The van der Waals surface area contributed by atoms with Gasteiger partial charge in [-0.3, -0.25) is 9.59 Å². The number of nitrogens with zero attached hydrogens (tertiary/aromatic N) is 4. The lowest BCUT2D eigenvalue weighted by Crippen LogP contribution is -2.32. The predicted octanol–water partition coefficient (Wildman–Crippen LogP) is 0.351. The van der Waals surface area contributed by atoms with Gasteiger partial charge in [-0.2, -0.15) is 5.10 Å². The van der Waals surface area contributed by atoms with Crippen LogP contribution in [-0.4, -0.2) is 39.0 Å². The Kier molecular flexibility index (Phi) is 4.83. The van der Waals surface area contributed by atoms with Crippen molar-refractivity contribution in [1.29, 1.82) is 0 Å². The van der Waals surface area contributed by atoms with Gasteiger partial charge < -0.3 is 10.1 Å². The van der Waals surface area contributed by atoms with E-state index in [1.165, 1.54) is 4.68 Å². The van der Waals surface area contributed by atoms with Gasteiger partial charge in [0.25, 0.3) is 11.5 Å². The molecule has 0 radical (unpaired) electrons. The molecule has 126 valence electrons. The van der Waals surface area contributed by atoms with E-state index >= 15 is 0 Å². The highest BCUT2D eigenvalue weighted by Gasteiger charge is 2.15. The number of carbonyl (C=O) groups is 1. The van der Waals surface area contributed by atoms with E-state index < -0.39 is 0 Å². The molecule has 0 bridgehead atoms. The third kappa shape index (κ3) is 3.58. The van der Waals surface area contributed by atoms with Gasteiger partial charge in [-0.05, 0) is 37.8 Å². The van der Waals surface area contributed by atoms with Crippen molar-refractivity contribution in [3.63, 3.8) is 0 Å². The van der Waals surface area contributed by atoms with Gasteiger partial charge >= 0.3 is 0 Å². The largest absolute Gasteiger partial charge is 0.477 e. The Morgan fingerprint density at radius 2 is 2.21 bits per heavy atom. The Labute approximate surface area is 138 Å². The molecule has 3 rings (SSSR count). The van der Waals surface area contributed by atoms with Gasteiger partial charge in [0.05, 0.1) is 18.8 Å². The van der Waals surface area contributed by atoms with Crippen molar-refractivity contribution in [3.05, 3.63) is 45.5 Å². The molecule has 0 atom stereocenters. The fraction of sp³-hybridized carbons (Fsp3) is 0.438. The molecule has 1 amide bonds. The van der Waals surface area contributed by atoms with Crippen molar-refractivity contribution in [2.75, 3.05) is 13.2 Å². The van der Waals surface area contributed by atoms with Crippen molar-refractivity contribution in [2.24, 2.45) is 0 Å². The summed E-state index contributed by atoms with van der Waals surface area (Å²) in [6.07, 6.45) is 2.87. The van der Waals surface area contributed by atoms with Crippen LogP contribution in [0.3, 0.4) is 0 Å². The molecular formula is C16H19N5O3. The fourth-order valence-corrected chi connectivity index (χ4v) is 2.63. The first-order valence-electron chi connectivity index (χ1n) is 8.02. The van der Waals surface area contributed by atoms with Gasteiger partial charge in [-0.1, -0.05) is 0 Å². The lowest BCUT2D eigenvalue weighted by Gasteiger charge is -2.08. The maximum absolute atomic E-state index is 12.0. The minimum absolute atomic E-state index is 0.134. The quantitative estimate of drug-likeness (QED) is 0.821. The number of ether oxygens (including phenoxy) is 1. The van der Waals surface area contributed by atoms with Crippen molar-refractivity contribution in [2.45, 2.75) is 32.7 Å². The van der Waals surface area contributed by atoms with E-state index in [1.54, 1.807) is 18.2 Å². The van der Waals surface area contributed by atoms with Gasteiger partial charge in [0, 0.05) is 18.7 Å². The van der Waals surface area contributed by atoms with Crippen LogP contribution in [0.25, 0.3) is 0 Å². The number of carbonyl (C=O) groups excluding carboxylic acids is 1. The predicted molar refractivity (Wildman–Crippen MR) is 86.1 cm³/mol. The Hall–Kier alpha value is -2.77. The second kappa shape index (κ2) is 7.20. The first-order valence-corrected chi connectivity index (χ1v) is 8.02. The summed E-state index contributed by atoms with van der Waals surface area (Å²) >= 11 is 0. The van der Waals surface area contributed by atoms with Crippen LogP contribution >= 0.6 is 0 Å². The van der Waals surface area contributed by atoms with Gasteiger partial charge in [0.1, 0.15) is 0 Å². The van der Waals surface area contributed by atoms with Crippen molar-refractivity contribution >= 4 is 5.91 Å². The fourth-order valence-electron chi connectivity index (χ4n) is 2.63. The van der Waals surface area contributed by atoms with E-state index in [9.17, 15) is 9.59 Å². The molecule has 0 aliphatic heterocycles. The Morgan fingerprint density at radius 3 is 2.96 bits per heavy atom. The maximum Gasteiger partial charge on any atom is 0.271 e. The van der Waals surface area contributed by atoms with Gasteiger partial charge in [0.2, 0.25) is 5.88 Å². The average molecular weight is 329 g/mol. The van der Waals surface area contributed by atoms with E-state index in [4.69, 9.17) is 4.74 Å². The van der Waals surface area contributed by atoms with E-state index in [0.717, 1.165) is 30.5 Å². The number of hydrogen-bond donors (Lipinski definition) is 1. The summed E-state index contributed by atoms with van der Waals surface area (Å²) in [5, 5.41) is 14.7. The molecule has 2 heterocycles. The highest BCUT2D eigenvalue weighted by molar-refractivity contribution is 5.92. The third-order valence-electron chi connectivity index (χ3n) is 3.80. The summed E-state index contributed by atoms with van der Waals surface area (Å²) in [6.45, 7) is 2.95. The van der Waals surface area contributed by atoms with Crippen LogP contribution in [0.1, 0.15) is 35.1 Å². The molecule has 2 aromatic rings. The Morgan fingerprint density at radius 1 is 1.33 bits per heavy atom. The third-order valence-corrected chi connectivity index (χ3v) is 3.80. The second-order valence-electron chi connectivity index (χ2n) is 5.48. The van der Waals surface area contributed by atoms with Crippen LogP contribution in [0.5, 0.6) is 5.88 Å². The Balaban J connectivity index is 1.56. The molecule has 0 saturated carbocycles. The number of hydrogen-bond acceptors (Lipinski definition) is 6. The summed E-state index contributed by atoms with van der Waals surface area (Å²) in [4.78, 5) is 24.0. The first kappa shape index (κ1) is 16.1. The zero-order valence-electron chi connectivity index (χ0n) is 13.5. The smallest absolute Gasteiger partial charge is 0.271 e. The second-order valence-corrected chi connectivity index (χ2v) is 5.48. The van der Waals surface area contributed by atoms with E-state index in [-0.39, 0.29) is 17.2 Å². The van der Waals surface area contributed by atoms with Crippen LogP contribution in [0, 0.1) is 0 Å².